The lowest BCUT2D eigenvalue weighted by molar-refractivity contribution is -0.121. The maximum atomic E-state index is 11.0. The molecule has 0 atom stereocenters. The van der Waals surface area contributed by atoms with Crippen molar-refractivity contribution in [2.45, 2.75) is 80.1 Å². The Bertz CT molecular complexity index is 179. The van der Waals surface area contributed by atoms with E-state index in [4.69, 9.17) is 0 Å². The first-order valence-corrected chi connectivity index (χ1v) is 7.43. The van der Waals surface area contributed by atoms with E-state index in [0.29, 0.717) is 12.8 Å². The van der Waals surface area contributed by atoms with E-state index in [9.17, 15) is 9.59 Å². The van der Waals surface area contributed by atoms with Crippen LogP contribution >= 0.6 is 0 Å². The number of hydrogen-bond acceptors (Lipinski definition) is 2. The molecule has 0 heterocycles. The van der Waals surface area contributed by atoms with Gasteiger partial charge >= 0.3 is 0 Å². The zero-order valence-electron chi connectivity index (χ0n) is 13.3. The topological polar surface area (TPSA) is 46.2 Å². The van der Waals surface area contributed by atoms with Gasteiger partial charge in [-0.3, -0.25) is 4.79 Å². The first-order chi connectivity index (χ1) is 8.66. The molecule has 0 aromatic rings. The summed E-state index contributed by atoms with van der Waals surface area (Å²) in [6, 6.07) is 0. The number of hydrogen-bond donors (Lipinski definition) is 1. The number of carbonyl (C=O) groups excluding carboxylic acids is 2. The van der Waals surface area contributed by atoms with Crippen LogP contribution < -0.4 is 5.32 Å². The molecule has 0 aliphatic carbocycles. The van der Waals surface area contributed by atoms with Crippen LogP contribution in [0.4, 0.5) is 0 Å². The van der Waals surface area contributed by atoms with Crippen LogP contribution in [0.2, 0.25) is 0 Å². The summed E-state index contributed by atoms with van der Waals surface area (Å²) in [4.78, 5) is 21.6. The quantitative estimate of drug-likeness (QED) is 0.667. The minimum atomic E-state index is 0.138. The van der Waals surface area contributed by atoms with Crippen LogP contribution in [0.15, 0.2) is 0 Å². The summed E-state index contributed by atoms with van der Waals surface area (Å²) in [6.07, 6.45) is 5.13. The summed E-state index contributed by atoms with van der Waals surface area (Å²) < 4.78 is 0. The number of rotatable bonds is 8. The summed E-state index contributed by atoms with van der Waals surface area (Å²) in [7, 11) is 0. The zero-order chi connectivity index (χ0) is 14.8. The number of amides is 1. The molecule has 0 rings (SSSR count). The molecule has 0 saturated heterocycles. The SMILES string of the molecule is CC.CC.CCCC(=O)NCCCCCC(C)=O. The van der Waals surface area contributed by atoms with Gasteiger partial charge in [0.2, 0.25) is 5.91 Å². The van der Waals surface area contributed by atoms with Crippen LogP contribution in [-0.2, 0) is 9.59 Å². The molecule has 0 aliphatic rings. The van der Waals surface area contributed by atoms with E-state index in [1.165, 1.54) is 0 Å². The number of carbonyl (C=O) groups is 2. The summed E-state index contributed by atoms with van der Waals surface area (Å²) in [5.74, 6) is 0.388. The first-order valence-electron chi connectivity index (χ1n) is 7.43. The summed E-state index contributed by atoms with van der Waals surface area (Å²) >= 11 is 0. The van der Waals surface area contributed by atoms with Crippen molar-refractivity contribution in [2.24, 2.45) is 0 Å². The van der Waals surface area contributed by atoms with Crippen LogP contribution in [0.25, 0.3) is 0 Å². The molecular formula is C15H33NO2. The predicted molar refractivity (Wildman–Crippen MR) is 79.8 cm³/mol. The second kappa shape index (κ2) is 21.4. The molecule has 1 amide bonds. The van der Waals surface area contributed by atoms with Gasteiger partial charge in [0.15, 0.2) is 0 Å². The van der Waals surface area contributed by atoms with Crippen LogP contribution in [-0.4, -0.2) is 18.2 Å². The number of unbranched alkanes of at least 4 members (excludes halogenated alkanes) is 2. The van der Waals surface area contributed by atoms with Crippen LogP contribution in [0.3, 0.4) is 0 Å². The van der Waals surface area contributed by atoms with E-state index >= 15 is 0 Å². The Morgan fingerprint density at radius 3 is 1.89 bits per heavy atom. The highest BCUT2D eigenvalue weighted by atomic mass is 16.1. The Morgan fingerprint density at radius 2 is 1.44 bits per heavy atom. The fourth-order valence-corrected chi connectivity index (χ4v) is 1.22. The Kier molecular flexibility index (Phi) is 26.6. The number of ketones is 1. The monoisotopic (exact) mass is 259 g/mol. The van der Waals surface area contributed by atoms with Crippen molar-refractivity contribution in [3.63, 3.8) is 0 Å². The average Bonchev–Trinajstić information content (AvgIpc) is 2.38. The Morgan fingerprint density at radius 1 is 0.889 bits per heavy atom. The van der Waals surface area contributed by atoms with Crippen molar-refractivity contribution in [3.8, 4) is 0 Å². The third-order valence-electron chi connectivity index (χ3n) is 2.00. The van der Waals surface area contributed by atoms with Gasteiger partial charge in [0.1, 0.15) is 5.78 Å². The molecule has 0 aliphatic heterocycles. The molecule has 110 valence electrons. The average molecular weight is 259 g/mol. The minimum absolute atomic E-state index is 0.138. The highest BCUT2D eigenvalue weighted by Gasteiger charge is 1.98. The van der Waals surface area contributed by atoms with E-state index in [2.05, 4.69) is 5.32 Å². The van der Waals surface area contributed by atoms with Gasteiger partial charge in [0.25, 0.3) is 0 Å². The molecular weight excluding hydrogens is 226 g/mol. The van der Waals surface area contributed by atoms with Crippen molar-refractivity contribution in [1.82, 2.24) is 5.32 Å². The van der Waals surface area contributed by atoms with Crippen molar-refractivity contribution in [1.29, 1.82) is 0 Å². The second-order valence-corrected chi connectivity index (χ2v) is 3.61. The lowest BCUT2D eigenvalue weighted by atomic mass is 10.1. The smallest absolute Gasteiger partial charge is 0.219 e. The van der Waals surface area contributed by atoms with Crippen molar-refractivity contribution in [2.75, 3.05) is 6.54 Å². The van der Waals surface area contributed by atoms with E-state index < -0.39 is 0 Å². The van der Waals surface area contributed by atoms with Gasteiger partial charge in [0.05, 0.1) is 0 Å². The molecule has 0 aromatic carbocycles. The lowest BCUT2D eigenvalue weighted by Crippen LogP contribution is -2.23. The fourth-order valence-electron chi connectivity index (χ4n) is 1.22. The first kappa shape index (κ1) is 22.3. The normalized spacial score (nSPS) is 8.33. The molecule has 18 heavy (non-hydrogen) atoms. The van der Waals surface area contributed by atoms with Gasteiger partial charge in [-0.05, 0) is 26.2 Å². The van der Waals surface area contributed by atoms with Gasteiger partial charge in [-0.2, -0.15) is 0 Å². The molecule has 0 unspecified atom stereocenters. The minimum Gasteiger partial charge on any atom is -0.356 e. The molecule has 3 nitrogen and oxygen atoms in total. The Hall–Kier alpha value is -0.860. The largest absolute Gasteiger partial charge is 0.356 e. The van der Waals surface area contributed by atoms with Gasteiger partial charge in [0, 0.05) is 19.4 Å². The highest BCUT2D eigenvalue weighted by molar-refractivity contribution is 5.75. The van der Waals surface area contributed by atoms with Crippen LogP contribution in [0, 0.1) is 0 Å². The molecule has 3 heteroatoms. The fraction of sp³-hybridized carbons (Fsp3) is 0.867. The standard InChI is InChI=1S/C11H21NO2.2C2H6/c1-3-7-11(14)12-9-6-4-5-8-10(2)13;2*1-2/h3-9H2,1-2H3,(H,12,14);2*1-2H3. The zero-order valence-corrected chi connectivity index (χ0v) is 13.3. The van der Waals surface area contributed by atoms with E-state index in [-0.39, 0.29) is 11.7 Å². The van der Waals surface area contributed by atoms with Crippen molar-refractivity contribution in [3.05, 3.63) is 0 Å². The van der Waals surface area contributed by atoms with E-state index in [1.807, 2.05) is 34.6 Å². The lowest BCUT2D eigenvalue weighted by Gasteiger charge is -2.03. The van der Waals surface area contributed by atoms with Crippen LogP contribution in [0.1, 0.15) is 80.1 Å². The maximum Gasteiger partial charge on any atom is 0.219 e. The molecule has 0 radical (unpaired) electrons. The van der Waals surface area contributed by atoms with Gasteiger partial charge in [-0.15, -0.1) is 0 Å². The van der Waals surface area contributed by atoms with Crippen molar-refractivity contribution < 1.29 is 9.59 Å². The van der Waals surface area contributed by atoms with Crippen LogP contribution in [0.5, 0.6) is 0 Å². The molecule has 1 N–H and O–H groups in total. The molecule has 0 fully saturated rings. The van der Waals surface area contributed by atoms with Gasteiger partial charge in [-0.1, -0.05) is 41.0 Å². The van der Waals surface area contributed by atoms with Crippen molar-refractivity contribution >= 4 is 11.7 Å². The molecule has 0 bridgehead atoms. The summed E-state index contributed by atoms with van der Waals surface area (Å²) in [5.41, 5.74) is 0. The second-order valence-electron chi connectivity index (χ2n) is 3.61. The van der Waals surface area contributed by atoms with Gasteiger partial charge < -0.3 is 10.1 Å². The van der Waals surface area contributed by atoms with Gasteiger partial charge in [-0.25, -0.2) is 0 Å². The number of Topliss-reactive ketones (excluding diaryl/α,β-unsaturated/α-hetero) is 1. The third-order valence-corrected chi connectivity index (χ3v) is 2.00. The maximum absolute atomic E-state index is 11.0. The summed E-state index contributed by atoms with van der Waals surface area (Å²) in [5, 5.41) is 2.85. The van der Waals surface area contributed by atoms with E-state index in [1.54, 1.807) is 6.92 Å². The Balaban J connectivity index is -0.000000506. The molecule has 0 aromatic heterocycles. The third kappa shape index (κ3) is 24.4. The van der Waals surface area contributed by atoms with E-state index in [0.717, 1.165) is 32.2 Å². The molecule has 0 spiro atoms. The summed E-state index contributed by atoms with van der Waals surface area (Å²) in [6.45, 7) is 12.4. The highest BCUT2D eigenvalue weighted by Crippen LogP contribution is 1.99. The molecule has 0 saturated carbocycles. The number of nitrogens with one attached hydrogen (secondary N) is 1. The predicted octanol–water partition coefficient (Wildman–Crippen LogP) is 4.10. The Labute approximate surface area is 114 Å².